The number of phenols is 1. The second-order valence-corrected chi connectivity index (χ2v) is 4.94. The van der Waals surface area contributed by atoms with Crippen LogP contribution in [0.5, 0.6) is 5.75 Å². The van der Waals surface area contributed by atoms with Gasteiger partial charge in [-0.1, -0.05) is 30.3 Å². The van der Waals surface area contributed by atoms with E-state index in [-0.39, 0.29) is 11.8 Å². The molecule has 3 rings (SSSR count). The minimum Gasteiger partial charge on any atom is -0.508 e. The Labute approximate surface area is 117 Å². The van der Waals surface area contributed by atoms with Crippen molar-refractivity contribution in [1.29, 1.82) is 0 Å². The summed E-state index contributed by atoms with van der Waals surface area (Å²) in [6.07, 6.45) is 1.61. The van der Waals surface area contributed by atoms with E-state index in [2.05, 4.69) is 9.97 Å². The lowest BCUT2D eigenvalue weighted by Crippen LogP contribution is -2.11. The van der Waals surface area contributed by atoms with E-state index >= 15 is 0 Å². The molecule has 1 aromatic heterocycles. The van der Waals surface area contributed by atoms with E-state index < -0.39 is 0 Å². The monoisotopic (exact) mass is 267 g/mol. The molecule has 0 aliphatic heterocycles. The average Bonchev–Trinajstić information content (AvgIpc) is 2.87. The van der Waals surface area contributed by atoms with E-state index in [1.54, 1.807) is 12.1 Å². The van der Waals surface area contributed by atoms with Gasteiger partial charge in [-0.15, -0.1) is 0 Å². The van der Waals surface area contributed by atoms with Crippen LogP contribution in [0.1, 0.15) is 23.9 Å². The first-order valence-electron chi connectivity index (χ1n) is 6.70. The SMILES string of the molecule is NC(CCc1nc2ccc(O)cc2[nH]1)c1ccccc1. The third-order valence-electron chi connectivity index (χ3n) is 3.43. The third kappa shape index (κ3) is 2.65. The number of imidazole rings is 1. The van der Waals surface area contributed by atoms with Crippen LogP contribution in [0, 0.1) is 0 Å². The normalized spacial score (nSPS) is 12.7. The molecular formula is C16H17N3O. The number of aromatic amines is 1. The van der Waals surface area contributed by atoms with Crippen molar-refractivity contribution in [2.24, 2.45) is 5.73 Å². The maximum Gasteiger partial charge on any atom is 0.117 e. The lowest BCUT2D eigenvalue weighted by molar-refractivity contribution is 0.476. The highest BCUT2D eigenvalue weighted by atomic mass is 16.3. The summed E-state index contributed by atoms with van der Waals surface area (Å²) < 4.78 is 0. The van der Waals surface area contributed by atoms with Gasteiger partial charge in [0.25, 0.3) is 0 Å². The Morgan fingerprint density at radius 1 is 1.15 bits per heavy atom. The van der Waals surface area contributed by atoms with Gasteiger partial charge in [0.05, 0.1) is 11.0 Å². The second kappa shape index (κ2) is 5.35. The van der Waals surface area contributed by atoms with E-state index in [1.165, 1.54) is 0 Å². The Kier molecular flexibility index (Phi) is 3.39. The molecule has 4 N–H and O–H groups in total. The largest absolute Gasteiger partial charge is 0.508 e. The van der Waals surface area contributed by atoms with Crippen molar-refractivity contribution < 1.29 is 5.11 Å². The molecule has 0 amide bonds. The highest BCUT2D eigenvalue weighted by Crippen LogP contribution is 2.20. The minimum absolute atomic E-state index is 0.0119. The fraction of sp³-hybridized carbons (Fsp3) is 0.188. The summed E-state index contributed by atoms with van der Waals surface area (Å²) in [4.78, 5) is 7.71. The maximum atomic E-state index is 9.44. The summed E-state index contributed by atoms with van der Waals surface area (Å²) in [5.41, 5.74) is 9.04. The van der Waals surface area contributed by atoms with Gasteiger partial charge >= 0.3 is 0 Å². The predicted molar refractivity (Wildman–Crippen MR) is 79.4 cm³/mol. The van der Waals surface area contributed by atoms with Crippen molar-refractivity contribution in [2.45, 2.75) is 18.9 Å². The number of hydrogen-bond donors (Lipinski definition) is 3. The average molecular weight is 267 g/mol. The highest BCUT2D eigenvalue weighted by Gasteiger charge is 2.08. The van der Waals surface area contributed by atoms with Gasteiger partial charge in [0.2, 0.25) is 0 Å². The molecule has 102 valence electrons. The predicted octanol–water partition coefficient (Wildman–Crippen LogP) is 2.90. The Hall–Kier alpha value is -2.33. The minimum atomic E-state index is 0.0119. The topological polar surface area (TPSA) is 74.9 Å². The van der Waals surface area contributed by atoms with Crippen LogP contribution in [0.2, 0.25) is 0 Å². The zero-order valence-electron chi connectivity index (χ0n) is 11.1. The molecule has 1 atom stereocenters. The molecule has 4 heteroatoms. The van der Waals surface area contributed by atoms with Gasteiger partial charge in [0.15, 0.2) is 0 Å². The molecule has 0 saturated heterocycles. The summed E-state index contributed by atoms with van der Waals surface area (Å²) in [5.74, 6) is 1.14. The Morgan fingerprint density at radius 3 is 2.75 bits per heavy atom. The molecule has 0 radical (unpaired) electrons. The number of hydrogen-bond acceptors (Lipinski definition) is 3. The summed E-state index contributed by atoms with van der Waals surface area (Å²) in [5, 5.41) is 9.44. The van der Waals surface area contributed by atoms with Gasteiger partial charge in [-0.25, -0.2) is 4.98 Å². The molecule has 0 aliphatic rings. The third-order valence-corrected chi connectivity index (χ3v) is 3.43. The van der Waals surface area contributed by atoms with Crippen LogP contribution in [-0.2, 0) is 6.42 Å². The van der Waals surface area contributed by atoms with Gasteiger partial charge < -0.3 is 15.8 Å². The van der Waals surface area contributed by atoms with Crippen molar-refractivity contribution in [3.8, 4) is 5.75 Å². The number of nitrogens with two attached hydrogens (primary N) is 1. The van der Waals surface area contributed by atoms with Gasteiger partial charge in [-0.3, -0.25) is 0 Å². The number of aryl methyl sites for hydroxylation is 1. The van der Waals surface area contributed by atoms with E-state index in [1.807, 2.05) is 36.4 Å². The zero-order valence-corrected chi connectivity index (χ0v) is 11.1. The standard InChI is InChI=1S/C16H17N3O/c17-13(11-4-2-1-3-5-11)7-9-16-18-14-8-6-12(20)10-15(14)19-16/h1-6,8,10,13,20H,7,9,17H2,(H,18,19). The summed E-state index contributed by atoms with van der Waals surface area (Å²) in [7, 11) is 0. The number of H-pyrrole nitrogens is 1. The van der Waals surface area contributed by atoms with Crippen molar-refractivity contribution in [2.75, 3.05) is 0 Å². The van der Waals surface area contributed by atoms with Crippen LogP contribution < -0.4 is 5.73 Å². The van der Waals surface area contributed by atoms with E-state index in [0.717, 1.165) is 35.3 Å². The van der Waals surface area contributed by atoms with E-state index in [4.69, 9.17) is 5.73 Å². The van der Waals surface area contributed by atoms with Gasteiger partial charge in [0.1, 0.15) is 11.6 Å². The number of rotatable bonds is 4. The molecule has 4 nitrogen and oxygen atoms in total. The number of fused-ring (bicyclic) bond motifs is 1. The van der Waals surface area contributed by atoms with Crippen LogP contribution in [0.4, 0.5) is 0 Å². The van der Waals surface area contributed by atoms with Crippen LogP contribution in [0.25, 0.3) is 11.0 Å². The lowest BCUT2D eigenvalue weighted by atomic mass is 10.0. The quantitative estimate of drug-likeness (QED) is 0.680. The fourth-order valence-corrected chi connectivity index (χ4v) is 2.33. The molecule has 20 heavy (non-hydrogen) atoms. The van der Waals surface area contributed by atoms with Crippen molar-refractivity contribution >= 4 is 11.0 Å². The lowest BCUT2D eigenvalue weighted by Gasteiger charge is -2.10. The fourth-order valence-electron chi connectivity index (χ4n) is 2.33. The second-order valence-electron chi connectivity index (χ2n) is 4.94. The first-order chi connectivity index (χ1) is 9.72. The van der Waals surface area contributed by atoms with Crippen molar-refractivity contribution in [1.82, 2.24) is 9.97 Å². The molecule has 0 spiro atoms. The molecule has 1 unspecified atom stereocenters. The van der Waals surface area contributed by atoms with Gasteiger partial charge in [0, 0.05) is 18.5 Å². The Bertz CT molecular complexity index is 706. The van der Waals surface area contributed by atoms with Crippen molar-refractivity contribution in [3.05, 3.63) is 59.9 Å². The molecule has 0 fully saturated rings. The van der Waals surface area contributed by atoms with Crippen LogP contribution >= 0.6 is 0 Å². The first kappa shape index (κ1) is 12.7. The number of aromatic nitrogens is 2. The maximum absolute atomic E-state index is 9.44. The number of aromatic hydroxyl groups is 1. The Morgan fingerprint density at radius 2 is 1.95 bits per heavy atom. The number of nitrogens with zero attached hydrogens (tertiary/aromatic N) is 1. The molecular weight excluding hydrogens is 250 g/mol. The highest BCUT2D eigenvalue weighted by molar-refractivity contribution is 5.76. The zero-order chi connectivity index (χ0) is 13.9. The smallest absolute Gasteiger partial charge is 0.117 e. The van der Waals surface area contributed by atoms with E-state index in [9.17, 15) is 5.11 Å². The molecule has 3 aromatic rings. The molecule has 0 aliphatic carbocycles. The molecule has 0 saturated carbocycles. The number of nitrogens with one attached hydrogen (secondary N) is 1. The van der Waals surface area contributed by atoms with Gasteiger partial charge in [-0.05, 0) is 24.1 Å². The Balaban J connectivity index is 1.71. The van der Waals surface area contributed by atoms with E-state index in [0.29, 0.717) is 0 Å². The summed E-state index contributed by atoms with van der Waals surface area (Å²) in [6.45, 7) is 0. The van der Waals surface area contributed by atoms with Crippen LogP contribution in [0.15, 0.2) is 48.5 Å². The summed E-state index contributed by atoms with van der Waals surface area (Å²) in [6, 6.07) is 15.2. The van der Waals surface area contributed by atoms with Gasteiger partial charge in [-0.2, -0.15) is 0 Å². The number of phenolic OH excluding ortho intramolecular Hbond substituents is 1. The molecule has 0 bridgehead atoms. The number of benzene rings is 2. The summed E-state index contributed by atoms with van der Waals surface area (Å²) >= 11 is 0. The van der Waals surface area contributed by atoms with Crippen molar-refractivity contribution in [3.63, 3.8) is 0 Å². The van der Waals surface area contributed by atoms with Crippen LogP contribution in [0.3, 0.4) is 0 Å². The molecule has 2 aromatic carbocycles. The molecule has 1 heterocycles. The van der Waals surface area contributed by atoms with Crippen LogP contribution in [-0.4, -0.2) is 15.1 Å². The first-order valence-corrected chi connectivity index (χ1v) is 6.70.